The van der Waals surface area contributed by atoms with Crippen molar-refractivity contribution >= 4 is 17.8 Å². The van der Waals surface area contributed by atoms with Gasteiger partial charge in [0.25, 0.3) is 0 Å². The molecule has 25 heavy (non-hydrogen) atoms. The normalized spacial score (nSPS) is 14.4. The lowest BCUT2D eigenvalue weighted by Gasteiger charge is -2.25. The van der Waals surface area contributed by atoms with Crippen LogP contribution in [0.3, 0.4) is 0 Å². The first-order valence-electron chi connectivity index (χ1n) is 8.00. The van der Waals surface area contributed by atoms with Crippen molar-refractivity contribution in [2.24, 2.45) is 11.7 Å². The van der Waals surface area contributed by atoms with E-state index in [1.54, 1.807) is 13.8 Å². The molecule has 138 valence electrons. The molecule has 6 N–H and O–H groups in total. The second-order valence-electron chi connectivity index (χ2n) is 6.11. The van der Waals surface area contributed by atoms with Gasteiger partial charge in [-0.25, -0.2) is 4.79 Å². The van der Waals surface area contributed by atoms with Crippen LogP contribution in [0.4, 0.5) is 0 Å². The van der Waals surface area contributed by atoms with Gasteiger partial charge in [0.15, 0.2) is 0 Å². The number of carbonyl (C=O) groups excluding carboxylic acids is 2. The molecule has 2 amide bonds. The van der Waals surface area contributed by atoms with Crippen LogP contribution < -0.4 is 16.4 Å². The quantitative estimate of drug-likeness (QED) is 0.397. The van der Waals surface area contributed by atoms with Crippen LogP contribution in [0.15, 0.2) is 30.3 Å². The minimum Gasteiger partial charge on any atom is -0.480 e. The van der Waals surface area contributed by atoms with E-state index in [2.05, 4.69) is 10.6 Å². The van der Waals surface area contributed by atoms with E-state index in [1.165, 1.54) is 0 Å². The van der Waals surface area contributed by atoms with Crippen molar-refractivity contribution in [2.75, 3.05) is 6.61 Å². The second-order valence-corrected chi connectivity index (χ2v) is 6.11. The highest BCUT2D eigenvalue weighted by atomic mass is 16.4. The van der Waals surface area contributed by atoms with Gasteiger partial charge >= 0.3 is 5.97 Å². The predicted octanol–water partition coefficient (Wildman–Crippen LogP) is -0.741. The summed E-state index contributed by atoms with van der Waals surface area (Å²) in [5, 5.41) is 22.6. The summed E-state index contributed by atoms with van der Waals surface area (Å²) in [7, 11) is 0. The first kappa shape index (κ1) is 20.6. The van der Waals surface area contributed by atoms with E-state index in [9.17, 15) is 14.4 Å². The summed E-state index contributed by atoms with van der Waals surface area (Å²) in [6.07, 6.45) is 0.313. The number of amides is 2. The first-order valence-corrected chi connectivity index (χ1v) is 8.00. The fourth-order valence-electron chi connectivity index (χ4n) is 2.20. The van der Waals surface area contributed by atoms with Crippen LogP contribution in [0.25, 0.3) is 0 Å². The number of rotatable bonds is 9. The lowest BCUT2D eigenvalue weighted by atomic mass is 10.0. The number of carbonyl (C=O) groups is 3. The molecule has 3 unspecified atom stereocenters. The number of aliphatic hydroxyl groups is 1. The summed E-state index contributed by atoms with van der Waals surface area (Å²) < 4.78 is 0. The lowest BCUT2D eigenvalue weighted by Crippen LogP contribution is -2.57. The number of benzene rings is 1. The number of carboxylic acids is 1. The molecule has 0 bridgehead atoms. The molecule has 0 saturated heterocycles. The Balaban J connectivity index is 2.71. The predicted molar refractivity (Wildman–Crippen MR) is 91.5 cm³/mol. The third-order valence-corrected chi connectivity index (χ3v) is 3.68. The smallest absolute Gasteiger partial charge is 0.328 e. The molecule has 1 aromatic carbocycles. The summed E-state index contributed by atoms with van der Waals surface area (Å²) in [5.41, 5.74) is 6.79. The maximum absolute atomic E-state index is 12.3. The van der Waals surface area contributed by atoms with Crippen molar-refractivity contribution in [3.05, 3.63) is 35.9 Å². The fourth-order valence-corrected chi connectivity index (χ4v) is 2.20. The average Bonchev–Trinajstić information content (AvgIpc) is 2.57. The molecule has 0 aliphatic heterocycles. The number of aliphatic hydroxyl groups excluding tert-OH is 1. The van der Waals surface area contributed by atoms with Gasteiger partial charge in [0.05, 0.1) is 12.6 Å². The van der Waals surface area contributed by atoms with E-state index in [0.29, 0.717) is 6.42 Å². The third kappa shape index (κ3) is 6.52. The second kappa shape index (κ2) is 9.75. The Bertz CT molecular complexity index is 591. The van der Waals surface area contributed by atoms with Gasteiger partial charge in [-0.15, -0.1) is 0 Å². The topological polar surface area (TPSA) is 142 Å². The summed E-state index contributed by atoms with van der Waals surface area (Å²) >= 11 is 0. The van der Waals surface area contributed by atoms with E-state index in [1.807, 2.05) is 30.3 Å². The molecule has 3 atom stereocenters. The van der Waals surface area contributed by atoms with E-state index >= 15 is 0 Å². The largest absolute Gasteiger partial charge is 0.480 e. The molecule has 0 aliphatic carbocycles. The Kier molecular flexibility index (Phi) is 8.03. The van der Waals surface area contributed by atoms with E-state index in [-0.39, 0.29) is 5.92 Å². The molecule has 0 aliphatic rings. The Morgan fingerprint density at radius 3 is 2.16 bits per heavy atom. The number of hydrogen-bond donors (Lipinski definition) is 5. The maximum Gasteiger partial charge on any atom is 0.328 e. The Morgan fingerprint density at radius 2 is 1.68 bits per heavy atom. The number of aliphatic carboxylic acids is 1. The van der Waals surface area contributed by atoms with Gasteiger partial charge < -0.3 is 26.6 Å². The highest BCUT2D eigenvalue weighted by Gasteiger charge is 2.29. The molecule has 8 heteroatoms. The fraction of sp³-hybridized carbons (Fsp3) is 0.471. The molecule has 1 aromatic rings. The minimum atomic E-state index is -1.43. The van der Waals surface area contributed by atoms with Gasteiger partial charge in [-0.2, -0.15) is 0 Å². The lowest BCUT2D eigenvalue weighted by molar-refractivity contribution is -0.143. The molecule has 1 rings (SSSR count). The Morgan fingerprint density at radius 1 is 1.08 bits per heavy atom. The van der Waals surface area contributed by atoms with Crippen molar-refractivity contribution in [2.45, 2.75) is 38.4 Å². The van der Waals surface area contributed by atoms with Gasteiger partial charge in [0.2, 0.25) is 11.8 Å². The molecule has 0 spiro atoms. The van der Waals surface area contributed by atoms with Crippen molar-refractivity contribution in [1.82, 2.24) is 10.6 Å². The number of hydrogen-bond acceptors (Lipinski definition) is 5. The molecule has 0 heterocycles. The zero-order chi connectivity index (χ0) is 19.0. The molecule has 0 saturated carbocycles. The Hall–Kier alpha value is -2.45. The van der Waals surface area contributed by atoms with Gasteiger partial charge in [-0.1, -0.05) is 44.2 Å². The van der Waals surface area contributed by atoms with Crippen LogP contribution in [-0.2, 0) is 20.8 Å². The first-order chi connectivity index (χ1) is 11.8. The van der Waals surface area contributed by atoms with Crippen LogP contribution >= 0.6 is 0 Å². The van der Waals surface area contributed by atoms with Crippen LogP contribution in [0.1, 0.15) is 19.4 Å². The van der Waals surface area contributed by atoms with E-state index < -0.39 is 42.5 Å². The van der Waals surface area contributed by atoms with Crippen molar-refractivity contribution in [3.8, 4) is 0 Å². The van der Waals surface area contributed by atoms with Gasteiger partial charge in [0, 0.05) is 0 Å². The summed E-state index contributed by atoms with van der Waals surface area (Å²) in [4.78, 5) is 35.4. The maximum atomic E-state index is 12.3. The summed E-state index contributed by atoms with van der Waals surface area (Å²) in [6, 6.07) is 6.00. The van der Waals surface area contributed by atoms with Crippen molar-refractivity contribution in [3.63, 3.8) is 0 Å². The molecule has 0 radical (unpaired) electrons. The number of nitrogens with one attached hydrogen (secondary N) is 2. The number of carboxylic acid groups (broad SMARTS) is 1. The summed E-state index contributed by atoms with van der Waals surface area (Å²) in [5.74, 6) is -2.84. The monoisotopic (exact) mass is 351 g/mol. The highest BCUT2D eigenvalue weighted by Crippen LogP contribution is 2.06. The standard InChI is InChI=1S/C17H25N3O5/c1-10(2)14(16(23)19-13(9-21)17(24)25)20-15(22)12(18)8-11-6-4-3-5-7-11/h3-7,10,12-14,21H,8-9,18H2,1-2H3,(H,19,23)(H,20,22)(H,24,25). The van der Waals surface area contributed by atoms with Gasteiger partial charge in [0.1, 0.15) is 12.1 Å². The van der Waals surface area contributed by atoms with Crippen molar-refractivity contribution < 1.29 is 24.6 Å². The molecule has 8 nitrogen and oxygen atoms in total. The van der Waals surface area contributed by atoms with E-state index in [0.717, 1.165) is 5.56 Å². The van der Waals surface area contributed by atoms with Gasteiger partial charge in [-0.3, -0.25) is 9.59 Å². The molecular weight excluding hydrogens is 326 g/mol. The zero-order valence-corrected chi connectivity index (χ0v) is 14.3. The SMILES string of the molecule is CC(C)C(NC(=O)C(N)Cc1ccccc1)C(=O)NC(CO)C(=O)O. The summed E-state index contributed by atoms with van der Waals surface area (Å²) in [6.45, 7) is 2.68. The third-order valence-electron chi connectivity index (χ3n) is 3.68. The minimum absolute atomic E-state index is 0.291. The molecular formula is C17H25N3O5. The van der Waals surface area contributed by atoms with Crippen molar-refractivity contribution in [1.29, 1.82) is 0 Å². The highest BCUT2D eigenvalue weighted by molar-refractivity contribution is 5.92. The average molecular weight is 351 g/mol. The van der Waals surface area contributed by atoms with Crippen LogP contribution in [0.2, 0.25) is 0 Å². The molecule has 0 fully saturated rings. The van der Waals surface area contributed by atoms with Gasteiger partial charge in [-0.05, 0) is 17.9 Å². The number of nitrogens with two attached hydrogens (primary N) is 1. The Labute approximate surface area is 146 Å². The van der Waals surface area contributed by atoms with E-state index in [4.69, 9.17) is 15.9 Å². The molecule has 0 aromatic heterocycles. The van der Waals surface area contributed by atoms with Crippen LogP contribution in [-0.4, -0.2) is 52.7 Å². The zero-order valence-electron chi connectivity index (χ0n) is 14.3. The van der Waals surface area contributed by atoms with Crippen LogP contribution in [0.5, 0.6) is 0 Å². The van der Waals surface area contributed by atoms with Crippen LogP contribution in [0, 0.1) is 5.92 Å².